The summed E-state index contributed by atoms with van der Waals surface area (Å²) in [5, 5.41) is 11.7. The van der Waals surface area contributed by atoms with Crippen molar-refractivity contribution in [2.75, 3.05) is 6.54 Å². The van der Waals surface area contributed by atoms with E-state index in [9.17, 15) is 9.59 Å². The van der Waals surface area contributed by atoms with Crippen LogP contribution < -0.4 is 10.9 Å². The van der Waals surface area contributed by atoms with Crippen LogP contribution in [0.2, 0.25) is 0 Å². The summed E-state index contributed by atoms with van der Waals surface area (Å²) >= 11 is 1.58. The molecule has 7 nitrogen and oxygen atoms in total. The molecule has 25 heavy (non-hydrogen) atoms. The van der Waals surface area contributed by atoms with E-state index in [0.717, 1.165) is 29.1 Å². The largest absolute Gasteiger partial charge is 0.349 e. The van der Waals surface area contributed by atoms with Crippen LogP contribution >= 0.6 is 11.3 Å². The van der Waals surface area contributed by atoms with E-state index in [-0.39, 0.29) is 11.5 Å². The van der Waals surface area contributed by atoms with E-state index in [1.807, 2.05) is 17.5 Å². The topological polar surface area (TPSA) is 92.7 Å². The van der Waals surface area contributed by atoms with Gasteiger partial charge >= 0.3 is 0 Å². The van der Waals surface area contributed by atoms with Gasteiger partial charge in [0.1, 0.15) is 0 Å². The number of carbonyl (C=O) groups excluding carboxylic acids is 1. The zero-order chi connectivity index (χ0) is 17.2. The Labute approximate surface area is 147 Å². The first-order valence-electron chi connectivity index (χ1n) is 8.14. The third-order valence-corrected chi connectivity index (χ3v) is 5.03. The molecule has 1 fully saturated rings. The third-order valence-electron chi connectivity index (χ3n) is 4.13. The van der Waals surface area contributed by atoms with Crippen molar-refractivity contribution in [3.8, 4) is 10.6 Å². The summed E-state index contributed by atoms with van der Waals surface area (Å²) < 4.78 is 1.51. The number of nitrogens with zero attached hydrogens (tertiary/aromatic N) is 3. The fourth-order valence-corrected chi connectivity index (χ4v) is 3.28. The van der Waals surface area contributed by atoms with Crippen molar-refractivity contribution in [2.24, 2.45) is 0 Å². The van der Waals surface area contributed by atoms with E-state index < -0.39 is 0 Å². The lowest BCUT2D eigenvalue weighted by molar-refractivity contribution is 0.0947. The number of rotatable bonds is 6. The Morgan fingerprint density at radius 3 is 3.00 bits per heavy atom. The van der Waals surface area contributed by atoms with Gasteiger partial charge in [0, 0.05) is 25.1 Å². The molecule has 0 aliphatic heterocycles. The molecule has 0 bridgehead atoms. The van der Waals surface area contributed by atoms with Gasteiger partial charge in [-0.2, -0.15) is 5.10 Å². The molecule has 0 radical (unpaired) electrons. The summed E-state index contributed by atoms with van der Waals surface area (Å²) in [7, 11) is 0. The highest BCUT2D eigenvalue weighted by molar-refractivity contribution is 7.13. The van der Waals surface area contributed by atoms with Crippen LogP contribution in [0.25, 0.3) is 10.6 Å². The minimum Gasteiger partial charge on any atom is -0.349 e. The first-order valence-corrected chi connectivity index (χ1v) is 9.02. The monoisotopic (exact) mass is 355 g/mol. The van der Waals surface area contributed by atoms with E-state index in [4.69, 9.17) is 0 Å². The molecule has 3 heterocycles. The Bertz CT molecular complexity index is 940. The predicted octanol–water partition coefficient (Wildman–Crippen LogP) is 2.00. The SMILES string of the molecule is O=C(NCCn1cnc(C2CC2)cc1=O)c1cc(-c2cccs2)[nH]n1. The van der Waals surface area contributed by atoms with Gasteiger partial charge in [0.05, 0.1) is 22.6 Å². The molecule has 3 aromatic rings. The Balaban J connectivity index is 1.34. The fourth-order valence-electron chi connectivity index (χ4n) is 2.59. The maximum absolute atomic E-state index is 12.2. The molecule has 2 N–H and O–H groups in total. The number of H-pyrrole nitrogens is 1. The average Bonchev–Trinajstić information content (AvgIpc) is 3.11. The fraction of sp³-hybridized carbons (Fsp3) is 0.294. The van der Waals surface area contributed by atoms with Gasteiger partial charge in [0.2, 0.25) is 0 Å². The van der Waals surface area contributed by atoms with Gasteiger partial charge < -0.3 is 5.32 Å². The van der Waals surface area contributed by atoms with E-state index in [0.29, 0.717) is 24.7 Å². The minimum absolute atomic E-state index is 0.0779. The standard InChI is InChI=1S/C17H17N5O2S/c23-16-9-12(11-3-4-11)19-10-22(16)6-5-18-17(24)14-8-13(20-21-14)15-2-1-7-25-15/h1-2,7-11H,3-6H2,(H,18,24)(H,20,21). The van der Waals surface area contributed by atoms with Crippen molar-refractivity contribution >= 4 is 17.2 Å². The second-order valence-corrected chi connectivity index (χ2v) is 6.97. The van der Waals surface area contributed by atoms with E-state index in [2.05, 4.69) is 20.5 Å². The molecular weight excluding hydrogens is 338 g/mol. The zero-order valence-corrected chi connectivity index (χ0v) is 14.3. The average molecular weight is 355 g/mol. The number of hydrogen-bond acceptors (Lipinski definition) is 5. The van der Waals surface area contributed by atoms with Crippen LogP contribution in [-0.2, 0) is 6.54 Å². The molecule has 3 aromatic heterocycles. The molecule has 4 rings (SSSR count). The van der Waals surface area contributed by atoms with Crippen LogP contribution in [0.3, 0.4) is 0 Å². The van der Waals surface area contributed by atoms with Crippen molar-refractivity contribution in [2.45, 2.75) is 25.3 Å². The Morgan fingerprint density at radius 1 is 1.40 bits per heavy atom. The first-order chi connectivity index (χ1) is 12.2. The van der Waals surface area contributed by atoms with Gasteiger partial charge in [-0.1, -0.05) is 6.07 Å². The summed E-state index contributed by atoms with van der Waals surface area (Å²) in [6.07, 6.45) is 3.79. The highest BCUT2D eigenvalue weighted by Gasteiger charge is 2.25. The molecule has 1 amide bonds. The summed E-state index contributed by atoms with van der Waals surface area (Å²) in [6.45, 7) is 0.717. The van der Waals surface area contributed by atoms with Crippen LogP contribution in [0.1, 0.15) is 34.9 Å². The number of aromatic amines is 1. The molecule has 0 spiro atoms. The molecule has 0 atom stereocenters. The number of aromatic nitrogens is 4. The second-order valence-electron chi connectivity index (χ2n) is 6.02. The van der Waals surface area contributed by atoms with Gasteiger partial charge in [-0.05, 0) is 30.4 Å². The molecule has 128 valence electrons. The number of carbonyl (C=O) groups is 1. The highest BCUT2D eigenvalue weighted by atomic mass is 32.1. The lowest BCUT2D eigenvalue weighted by Gasteiger charge is -2.07. The van der Waals surface area contributed by atoms with E-state index >= 15 is 0 Å². The first kappa shape index (κ1) is 15.8. The van der Waals surface area contributed by atoms with Crippen LogP contribution in [0.15, 0.2) is 40.8 Å². The van der Waals surface area contributed by atoms with Crippen LogP contribution in [0.5, 0.6) is 0 Å². The minimum atomic E-state index is -0.269. The van der Waals surface area contributed by atoms with E-state index in [1.54, 1.807) is 29.8 Å². The summed E-state index contributed by atoms with van der Waals surface area (Å²) in [4.78, 5) is 29.6. The van der Waals surface area contributed by atoms with Gasteiger partial charge in [-0.3, -0.25) is 19.3 Å². The van der Waals surface area contributed by atoms with Gasteiger partial charge in [-0.15, -0.1) is 11.3 Å². The molecule has 0 saturated heterocycles. The van der Waals surface area contributed by atoms with Gasteiger partial charge in [0.15, 0.2) is 5.69 Å². The van der Waals surface area contributed by atoms with Crippen LogP contribution in [0, 0.1) is 0 Å². The smallest absolute Gasteiger partial charge is 0.271 e. The maximum atomic E-state index is 12.2. The lowest BCUT2D eigenvalue weighted by Crippen LogP contribution is -2.31. The number of nitrogens with one attached hydrogen (secondary N) is 2. The van der Waals surface area contributed by atoms with Gasteiger partial charge in [-0.25, -0.2) is 4.98 Å². The molecule has 8 heteroatoms. The van der Waals surface area contributed by atoms with Crippen molar-refractivity contribution in [1.29, 1.82) is 0 Å². The summed E-state index contributed by atoms with van der Waals surface area (Å²) in [5.41, 5.74) is 1.95. The molecular formula is C17H17N5O2S. The van der Waals surface area contributed by atoms with Gasteiger partial charge in [0.25, 0.3) is 11.5 Å². The number of thiophene rings is 1. The second kappa shape index (κ2) is 6.64. The quantitative estimate of drug-likeness (QED) is 0.707. The molecule has 1 saturated carbocycles. The van der Waals surface area contributed by atoms with Crippen LogP contribution in [0.4, 0.5) is 0 Å². The Hall–Kier alpha value is -2.74. The zero-order valence-electron chi connectivity index (χ0n) is 13.4. The Morgan fingerprint density at radius 2 is 2.28 bits per heavy atom. The van der Waals surface area contributed by atoms with Crippen molar-refractivity contribution in [3.63, 3.8) is 0 Å². The summed E-state index contributed by atoms with van der Waals surface area (Å²) in [5.74, 6) is 0.189. The molecule has 0 aromatic carbocycles. The summed E-state index contributed by atoms with van der Waals surface area (Å²) in [6, 6.07) is 7.23. The van der Waals surface area contributed by atoms with Crippen molar-refractivity contribution in [3.05, 3.63) is 57.7 Å². The third kappa shape index (κ3) is 3.53. The number of amides is 1. The maximum Gasteiger partial charge on any atom is 0.271 e. The number of hydrogen-bond donors (Lipinski definition) is 2. The lowest BCUT2D eigenvalue weighted by atomic mass is 10.3. The Kier molecular flexibility index (Phi) is 4.19. The molecule has 1 aliphatic carbocycles. The van der Waals surface area contributed by atoms with Crippen LogP contribution in [-0.4, -0.2) is 32.2 Å². The molecule has 0 unspecified atom stereocenters. The normalized spacial score (nSPS) is 13.8. The predicted molar refractivity (Wildman–Crippen MR) is 94.7 cm³/mol. The van der Waals surface area contributed by atoms with Crippen molar-refractivity contribution < 1.29 is 4.79 Å². The molecule has 1 aliphatic rings. The highest BCUT2D eigenvalue weighted by Crippen LogP contribution is 2.38. The van der Waals surface area contributed by atoms with E-state index in [1.165, 1.54) is 4.57 Å². The van der Waals surface area contributed by atoms with Crippen molar-refractivity contribution in [1.82, 2.24) is 25.1 Å².